The molecule has 150 valence electrons. The van der Waals surface area contributed by atoms with E-state index in [4.69, 9.17) is 4.74 Å². The molecule has 2 unspecified atom stereocenters. The Balaban J connectivity index is 0.00000243. The van der Waals surface area contributed by atoms with E-state index in [9.17, 15) is 4.79 Å². The zero-order chi connectivity index (χ0) is 18.0. The molecule has 0 saturated carbocycles. The van der Waals surface area contributed by atoms with Gasteiger partial charge in [0.05, 0.1) is 12.6 Å². The van der Waals surface area contributed by atoms with Crippen molar-refractivity contribution >= 4 is 36.0 Å². The van der Waals surface area contributed by atoms with E-state index in [1.807, 2.05) is 25.7 Å². The van der Waals surface area contributed by atoms with E-state index in [1.165, 1.54) is 19.5 Å². The van der Waals surface area contributed by atoms with Crippen molar-refractivity contribution in [3.05, 3.63) is 0 Å². The van der Waals surface area contributed by atoms with Crippen molar-refractivity contribution in [1.29, 1.82) is 0 Å². The van der Waals surface area contributed by atoms with Crippen LogP contribution < -0.4 is 5.32 Å². The van der Waals surface area contributed by atoms with Gasteiger partial charge in [0.1, 0.15) is 5.60 Å². The molecule has 0 bridgehead atoms. The number of nitrogens with zero attached hydrogens (tertiary/aromatic N) is 4. The Kier molecular flexibility index (Phi) is 7.41. The minimum Gasteiger partial charge on any atom is -0.444 e. The fourth-order valence-electron chi connectivity index (χ4n) is 3.83. The van der Waals surface area contributed by atoms with Gasteiger partial charge in [-0.25, -0.2) is 4.79 Å². The molecule has 0 aromatic rings. The highest BCUT2D eigenvalue weighted by atomic mass is 127. The molecule has 0 aliphatic carbocycles. The van der Waals surface area contributed by atoms with Crippen LogP contribution in [-0.4, -0.2) is 90.8 Å². The number of nitrogens with one attached hydrogen (secondary N) is 1. The van der Waals surface area contributed by atoms with Crippen LogP contribution in [0.4, 0.5) is 4.79 Å². The van der Waals surface area contributed by atoms with Crippen LogP contribution in [-0.2, 0) is 4.74 Å². The molecule has 1 amide bonds. The fourth-order valence-corrected chi connectivity index (χ4v) is 3.83. The van der Waals surface area contributed by atoms with E-state index >= 15 is 0 Å². The molecule has 1 N–H and O–H groups in total. The van der Waals surface area contributed by atoms with Crippen LogP contribution in [0.15, 0.2) is 4.99 Å². The van der Waals surface area contributed by atoms with Gasteiger partial charge in [-0.15, -0.1) is 24.0 Å². The molecule has 0 aromatic heterocycles. The van der Waals surface area contributed by atoms with Crippen LogP contribution in [0.25, 0.3) is 0 Å². The number of piperazine rings is 1. The summed E-state index contributed by atoms with van der Waals surface area (Å²) in [6.45, 7) is 15.5. The summed E-state index contributed by atoms with van der Waals surface area (Å²) in [4.78, 5) is 23.6. The molecule has 0 radical (unpaired) electrons. The van der Waals surface area contributed by atoms with Crippen LogP contribution in [0.3, 0.4) is 0 Å². The van der Waals surface area contributed by atoms with Gasteiger partial charge < -0.3 is 24.8 Å². The molecule has 0 spiro atoms. The SMILES string of the molecule is CCN1CCC(CNC2=NCC3CN(C(=O)OC(C)(C)C)CCN23)C1.I. The zero-order valence-electron chi connectivity index (χ0n) is 16.5. The third-order valence-electron chi connectivity index (χ3n) is 5.22. The van der Waals surface area contributed by atoms with Crippen molar-refractivity contribution in [3.8, 4) is 0 Å². The third-order valence-corrected chi connectivity index (χ3v) is 5.22. The molecule has 3 aliphatic heterocycles. The molecule has 8 heteroatoms. The molecular weight excluding hydrogens is 445 g/mol. The van der Waals surface area contributed by atoms with Gasteiger partial charge in [0.15, 0.2) is 5.96 Å². The van der Waals surface area contributed by atoms with Crippen molar-refractivity contribution in [3.63, 3.8) is 0 Å². The van der Waals surface area contributed by atoms with E-state index in [-0.39, 0.29) is 36.1 Å². The Bertz CT molecular complexity index is 522. The van der Waals surface area contributed by atoms with Gasteiger partial charge in [0.2, 0.25) is 0 Å². The summed E-state index contributed by atoms with van der Waals surface area (Å²) < 4.78 is 5.50. The van der Waals surface area contributed by atoms with Crippen LogP contribution in [0.5, 0.6) is 0 Å². The van der Waals surface area contributed by atoms with Crippen molar-refractivity contribution in [2.45, 2.75) is 45.8 Å². The minimum absolute atomic E-state index is 0. The molecule has 2 atom stereocenters. The van der Waals surface area contributed by atoms with Gasteiger partial charge in [0, 0.05) is 32.7 Å². The summed E-state index contributed by atoms with van der Waals surface area (Å²) in [5.41, 5.74) is -0.444. The standard InChI is InChI=1S/C18H33N5O2.HI/c1-5-21-7-6-14(12-21)10-19-16-20-11-15-13-22(8-9-23(15)16)17(24)25-18(2,3)4;/h14-15H,5-13H2,1-4H3,(H,19,20);1H. The lowest BCUT2D eigenvalue weighted by Gasteiger charge is -2.39. The van der Waals surface area contributed by atoms with E-state index < -0.39 is 5.60 Å². The van der Waals surface area contributed by atoms with Gasteiger partial charge in [-0.05, 0) is 46.2 Å². The number of halogens is 1. The number of amides is 1. The van der Waals surface area contributed by atoms with E-state index in [0.29, 0.717) is 19.0 Å². The third kappa shape index (κ3) is 5.37. The lowest BCUT2D eigenvalue weighted by atomic mass is 10.1. The predicted octanol–water partition coefficient (Wildman–Crippen LogP) is 1.83. The Hall–Kier alpha value is -0.770. The smallest absolute Gasteiger partial charge is 0.410 e. The molecular formula is C18H34IN5O2. The van der Waals surface area contributed by atoms with Crippen molar-refractivity contribution < 1.29 is 9.53 Å². The van der Waals surface area contributed by atoms with Crippen LogP contribution in [0.1, 0.15) is 34.1 Å². The topological polar surface area (TPSA) is 60.4 Å². The van der Waals surface area contributed by atoms with Crippen molar-refractivity contribution in [2.75, 3.05) is 52.4 Å². The molecule has 3 aliphatic rings. The number of aliphatic imine (C=N–C) groups is 1. The minimum atomic E-state index is -0.444. The quantitative estimate of drug-likeness (QED) is 0.627. The van der Waals surface area contributed by atoms with Crippen molar-refractivity contribution in [1.82, 2.24) is 20.0 Å². The first-order valence-corrected chi connectivity index (χ1v) is 9.61. The number of fused-ring (bicyclic) bond motifs is 1. The fraction of sp³-hybridized carbons (Fsp3) is 0.889. The largest absolute Gasteiger partial charge is 0.444 e. The molecule has 26 heavy (non-hydrogen) atoms. The van der Waals surface area contributed by atoms with Gasteiger partial charge >= 0.3 is 6.09 Å². The molecule has 2 saturated heterocycles. The number of carbonyl (C=O) groups excluding carboxylic acids is 1. The summed E-state index contributed by atoms with van der Waals surface area (Å²) in [5.74, 6) is 1.73. The van der Waals surface area contributed by atoms with E-state index in [0.717, 1.165) is 32.1 Å². The van der Waals surface area contributed by atoms with Gasteiger partial charge in [0.25, 0.3) is 0 Å². The maximum absolute atomic E-state index is 12.3. The Labute approximate surface area is 174 Å². The number of hydrogen-bond donors (Lipinski definition) is 1. The zero-order valence-corrected chi connectivity index (χ0v) is 18.9. The van der Waals surface area contributed by atoms with Crippen molar-refractivity contribution in [2.24, 2.45) is 10.9 Å². The number of likely N-dealkylation sites (tertiary alicyclic amines) is 1. The normalized spacial score (nSPS) is 26.2. The number of hydrogen-bond acceptors (Lipinski definition) is 6. The maximum Gasteiger partial charge on any atom is 0.410 e. The summed E-state index contributed by atoms with van der Waals surface area (Å²) in [6.07, 6.45) is 1.06. The average molecular weight is 479 g/mol. The Morgan fingerprint density at radius 2 is 2.04 bits per heavy atom. The number of ether oxygens (including phenoxy) is 1. The first-order chi connectivity index (χ1) is 11.9. The first kappa shape index (κ1) is 21.5. The van der Waals surface area contributed by atoms with Crippen LogP contribution >= 0.6 is 24.0 Å². The van der Waals surface area contributed by atoms with Crippen LogP contribution in [0, 0.1) is 5.92 Å². The van der Waals surface area contributed by atoms with Gasteiger partial charge in [-0.2, -0.15) is 0 Å². The van der Waals surface area contributed by atoms with Gasteiger partial charge in [-0.1, -0.05) is 6.92 Å². The van der Waals surface area contributed by atoms with Crippen LogP contribution in [0.2, 0.25) is 0 Å². The molecule has 3 heterocycles. The highest BCUT2D eigenvalue weighted by molar-refractivity contribution is 14.0. The molecule has 3 rings (SSSR count). The van der Waals surface area contributed by atoms with Gasteiger partial charge in [-0.3, -0.25) is 4.99 Å². The molecule has 2 fully saturated rings. The molecule has 0 aromatic carbocycles. The second kappa shape index (κ2) is 8.95. The lowest BCUT2D eigenvalue weighted by molar-refractivity contribution is 0.0137. The number of rotatable bonds is 3. The Morgan fingerprint density at radius 1 is 1.27 bits per heavy atom. The first-order valence-electron chi connectivity index (χ1n) is 9.61. The lowest BCUT2D eigenvalue weighted by Crippen LogP contribution is -2.57. The number of carbonyl (C=O) groups is 1. The second-order valence-electron chi connectivity index (χ2n) is 8.37. The van der Waals surface area contributed by atoms with E-state index in [1.54, 1.807) is 0 Å². The summed E-state index contributed by atoms with van der Waals surface area (Å²) in [5, 5.41) is 3.56. The Morgan fingerprint density at radius 3 is 2.69 bits per heavy atom. The summed E-state index contributed by atoms with van der Waals surface area (Å²) in [7, 11) is 0. The highest BCUT2D eigenvalue weighted by Crippen LogP contribution is 2.19. The number of guanidine groups is 1. The predicted molar refractivity (Wildman–Crippen MR) is 114 cm³/mol. The highest BCUT2D eigenvalue weighted by Gasteiger charge is 2.36. The monoisotopic (exact) mass is 479 g/mol. The van der Waals surface area contributed by atoms with E-state index in [2.05, 4.69) is 27.0 Å². The average Bonchev–Trinajstić information content (AvgIpc) is 3.17. The summed E-state index contributed by atoms with van der Waals surface area (Å²) in [6, 6.07) is 0.277. The maximum atomic E-state index is 12.3. The molecule has 7 nitrogen and oxygen atoms in total. The second-order valence-corrected chi connectivity index (χ2v) is 8.37. The summed E-state index contributed by atoms with van der Waals surface area (Å²) >= 11 is 0.